The summed E-state index contributed by atoms with van der Waals surface area (Å²) in [5.74, 6) is 0.148. The maximum absolute atomic E-state index is 11.6. The number of nitrogens with zero attached hydrogens (tertiary/aromatic N) is 3. The zero-order valence-electron chi connectivity index (χ0n) is 10.9. The summed E-state index contributed by atoms with van der Waals surface area (Å²) in [5, 5.41) is 0. The predicted octanol–water partition coefficient (Wildman–Crippen LogP) is 1.69. The molecule has 0 spiro atoms. The van der Waals surface area contributed by atoms with E-state index in [-0.39, 0.29) is 11.8 Å². The Hall–Kier alpha value is -1.81. The van der Waals surface area contributed by atoms with E-state index in [2.05, 4.69) is 9.97 Å². The van der Waals surface area contributed by atoms with E-state index in [9.17, 15) is 4.79 Å². The lowest BCUT2D eigenvalue weighted by molar-refractivity contribution is -0.121. The van der Waals surface area contributed by atoms with Crippen molar-refractivity contribution in [1.29, 1.82) is 0 Å². The summed E-state index contributed by atoms with van der Waals surface area (Å²) in [4.78, 5) is 22.4. The van der Waals surface area contributed by atoms with E-state index in [1.54, 1.807) is 13.1 Å². The smallest absolute Gasteiger partial charge is 0.147 e. The zero-order chi connectivity index (χ0) is 13.1. The summed E-state index contributed by atoms with van der Waals surface area (Å²) in [6.45, 7) is 1.61. The lowest BCUT2D eigenvalue weighted by Gasteiger charge is -2.20. The van der Waals surface area contributed by atoms with Crippen molar-refractivity contribution >= 4 is 16.8 Å². The average molecular weight is 243 g/mol. The molecule has 1 unspecified atom stereocenters. The summed E-state index contributed by atoms with van der Waals surface area (Å²) in [6.07, 6.45) is 2.35. The van der Waals surface area contributed by atoms with Crippen molar-refractivity contribution in [1.82, 2.24) is 14.9 Å². The largest absolute Gasteiger partial charge is 0.299 e. The molecule has 0 saturated carbocycles. The molecule has 4 heteroatoms. The predicted molar refractivity (Wildman–Crippen MR) is 71.4 cm³/mol. The highest BCUT2D eigenvalue weighted by Gasteiger charge is 2.18. The molecule has 2 aromatic rings. The van der Waals surface area contributed by atoms with Gasteiger partial charge in [0.25, 0.3) is 0 Å². The minimum atomic E-state index is -0.138. The van der Waals surface area contributed by atoms with Gasteiger partial charge in [0, 0.05) is 12.6 Å². The van der Waals surface area contributed by atoms with Crippen LogP contribution in [-0.4, -0.2) is 40.8 Å². The minimum Gasteiger partial charge on any atom is -0.299 e. The average Bonchev–Trinajstić information content (AvgIpc) is 2.35. The number of benzene rings is 1. The Kier molecular flexibility index (Phi) is 3.67. The molecule has 0 amide bonds. The van der Waals surface area contributed by atoms with E-state index in [1.807, 2.05) is 43.3 Å². The first-order chi connectivity index (χ1) is 8.58. The zero-order valence-corrected chi connectivity index (χ0v) is 10.9. The second-order valence-electron chi connectivity index (χ2n) is 4.64. The number of hydrogen-bond donors (Lipinski definition) is 0. The van der Waals surface area contributed by atoms with Crippen LogP contribution >= 0.6 is 0 Å². The number of fused-ring (bicyclic) bond motifs is 1. The molecular weight excluding hydrogens is 226 g/mol. The highest BCUT2D eigenvalue weighted by Crippen LogP contribution is 2.11. The molecule has 0 aliphatic carbocycles. The molecule has 0 fully saturated rings. The third kappa shape index (κ3) is 2.71. The van der Waals surface area contributed by atoms with Gasteiger partial charge >= 0.3 is 0 Å². The van der Waals surface area contributed by atoms with Crippen LogP contribution in [0.1, 0.15) is 12.6 Å². The van der Waals surface area contributed by atoms with E-state index < -0.39 is 0 Å². The van der Waals surface area contributed by atoms with E-state index in [4.69, 9.17) is 0 Å². The van der Waals surface area contributed by atoms with Crippen LogP contribution < -0.4 is 0 Å². The van der Waals surface area contributed by atoms with Gasteiger partial charge in [0.15, 0.2) is 0 Å². The number of hydrogen-bond acceptors (Lipinski definition) is 4. The standard InChI is InChI=1S/C14H17N3O/c1-10(18)14(17(2)3)8-11-9-15-12-6-4-5-7-13(12)16-11/h4-7,9,14H,8H2,1-3H3. The fourth-order valence-electron chi connectivity index (χ4n) is 1.98. The Labute approximate surface area is 107 Å². The maximum Gasteiger partial charge on any atom is 0.147 e. The van der Waals surface area contributed by atoms with Crippen molar-refractivity contribution in [3.05, 3.63) is 36.2 Å². The highest BCUT2D eigenvalue weighted by molar-refractivity contribution is 5.81. The first-order valence-electron chi connectivity index (χ1n) is 5.95. The molecule has 18 heavy (non-hydrogen) atoms. The Morgan fingerprint density at radius 1 is 1.28 bits per heavy atom. The number of carbonyl (C=O) groups excluding carboxylic acids is 1. The van der Waals surface area contributed by atoms with Gasteiger partial charge in [-0.15, -0.1) is 0 Å². The van der Waals surface area contributed by atoms with E-state index in [0.717, 1.165) is 16.7 Å². The lowest BCUT2D eigenvalue weighted by atomic mass is 10.1. The van der Waals surface area contributed by atoms with Crippen LogP contribution in [0.5, 0.6) is 0 Å². The Morgan fingerprint density at radius 2 is 1.94 bits per heavy atom. The van der Waals surface area contributed by atoms with Crippen molar-refractivity contribution in [2.75, 3.05) is 14.1 Å². The van der Waals surface area contributed by atoms with Gasteiger partial charge < -0.3 is 0 Å². The van der Waals surface area contributed by atoms with Crippen molar-refractivity contribution in [3.63, 3.8) is 0 Å². The maximum atomic E-state index is 11.6. The Morgan fingerprint density at radius 3 is 2.56 bits per heavy atom. The molecule has 0 aliphatic heterocycles. The second kappa shape index (κ2) is 5.23. The fraction of sp³-hybridized carbons (Fsp3) is 0.357. The molecule has 0 saturated heterocycles. The Balaban J connectivity index is 2.28. The lowest BCUT2D eigenvalue weighted by Crippen LogP contribution is -2.36. The third-order valence-electron chi connectivity index (χ3n) is 2.99. The van der Waals surface area contributed by atoms with Crippen LogP contribution in [-0.2, 0) is 11.2 Å². The molecule has 94 valence electrons. The van der Waals surface area contributed by atoms with Crippen LogP contribution in [0.25, 0.3) is 11.0 Å². The number of aromatic nitrogens is 2. The molecule has 1 heterocycles. The Bertz CT molecular complexity index is 566. The summed E-state index contributed by atoms with van der Waals surface area (Å²) >= 11 is 0. The van der Waals surface area contributed by atoms with Gasteiger partial charge in [-0.2, -0.15) is 0 Å². The topological polar surface area (TPSA) is 46.1 Å². The van der Waals surface area contributed by atoms with Gasteiger partial charge in [-0.05, 0) is 33.2 Å². The molecule has 1 atom stereocenters. The molecule has 4 nitrogen and oxygen atoms in total. The fourth-order valence-corrected chi connectivity index (χ4v) is 1.98. The minimum absolute atomic E-state index is 0.138. The van der Waals surface area contributed by atoms with Crippen LogP contribution in [0.15, 0.2) is 30.5 Å². The first kappa shape index (κ1) is 12.6. The number of para-hydroxylation sites is 2. The molecule has 1 aromatic carbocycles. The van der Waals surface area contributed by atoms with E-state index in [1.165, 1.54) is 0 Å². The molecule has 0 bridgehead atoms. The van der Waals surface area contributed by atoms with E-state index >= 15 is 0 Å². The quantitative estimate of drug-likeness (QED) is 0.820. The van der Waals surface area contributed by atoms with Gasteiger partial charge in [-0.25, -0.2) is 4.98 Å². The van der Waals surface area contributed by atoms with Gasteiger partial charge in [-0.1, -0.05) is 12.1 Å². The molecule has 0 N–H and O–H groups in total. The highest BCUT2D eigenvalue weighted by atomic mass is 16.1. The van der Waals surface area contributed by atoms with Gasteiger partial charge in [0.1, 0.15) is 5.78 Å². The molecule has 0 aliphatic rings. The summed E-state index contributed by atoms with van der Waals surface area (Å²) in [6, 6.07) is 7.61. The summed E-state index contributed by atoms with van der Waals surface area (Å²) in [7, 11) is 3.81. The van der Waals surface area contributed by atoms with Crippen LogP contribution in [0.3, 0.4) is 0 Å². The van der Waals surface area contributed by atoms with Crippen molar-refractivity contribution in [2.45, 2.75) is 19.4 Å². The number of carbonyl (C=O) groups is 1. The third-order valence-corrected chi connectivity index (χ3v) is 2.99. The number of ketones is 1. The van der Waals surface area contributed by atoms with Crippen LogP contribution in [0.2, 0.25) is 0 Å². The normalized spacial score (nSPS) is 12.9. The van der Waals surface area contributed by atoms with Crippen molar-refractivity contribution < 1.29 is 4.79 Å². The van der Waals surface area contributed by atoms with E-state index in [0.29, 0.717) is 6.42 Å². The van der Waals surface area contributed by atoms with Gasteiger partial charge in [-0.3, -0.25) is 14.7 Å². The first-order valence-corrected chi connectivity index (χ1v) is 5.95. The molecule has 0 radical (unpaired) electrons. The molecule has 1 aromatic heterocycles. The summed E-state index contributed by atoms with van der Waals surface area (Å²) < 4.78 is 0. The van der Waals surface area contributed by atoms with Gasteiger partial charge in [0.05, 0.1) is 22.8 Å². The van der Waals surface area contributed by atoms with Crippen LogP contribution in [0, 0.1) is 0 Å². The number of rotatable bonds is 4. The number of likely N-dealkylation sites (N-methyl/N-ethyl adjacent to an activating group) is 1. The van der Waals surface area contributed by atoms with Gasteiger partial charge in [0.2, 0.25) is 0 Å². The van der Waals surface area contributed by atoms with Crippen molar-refractivity contribution in [3.8, 4) is 0 Å². The monoisotopic (exact) mass is 243 g/mol. The number of Topliss-reactive ketones (excluding diaryl/α,β-unsaturated/α-hetero) is 1. The molecular formula is C14H17N3O. The summed E-state index contributed by atoms with van der Waals surface area (Å²) in [5.41, 5.74) is 2.60. The molecule has 2 rings (SSSR count). The SMILES string of the molecule is CC(=O)C(Cc1cnc2ccccc2n1)N(C)C. The second-order valence-corrected chi connectivity index (χ2v) is 4.64. The van der Waals surface area contributed by atoms with Crippen LogP contribution in [0.4, 0.5) is 0 Å². The van der Waals surface area contributed by atoms with Crippen molar-refractivity contribution in [2.24, 2.45) is 0 Å².